The molecule has 6 heteroatoms. The summed E-state index contributed by atoms with van der Waals surface area (Å²) in [6.45, 7) is 1.95. The highest BCUT2D eigenvalue weighted by atomic mass is 15.1. The number of nitrogens with one attached hydrogen (secondary N) is 1. The Labute approximate surface area is 115 Å². The van der Waals surface area contributed by atoms with Gasteiger partial charge in [-0.05, 0) is 19.1 Å². The molecule has 0 saturated carbocycles. The van der Waals surface area contributed by atoms with E-state index in [0.717, 1.165) is 22.3 Å². The fourth-order valence-corrected chi connectivity index (χ4v) is 1.98. The van der Waals surface area contributed by atoms with Gasteiger partial charge < -0.3 is 16.8 Å². The maximum Gasteiger partial charge on any atom is 0.159 e. The van der Waals surface area contributed by atoms with Crippen molar-refractivity contribution in [1.82, 2.24) is 15.0 Å². The zero-order chi connectivity index (χ0) is 14.1. The van der Waals surface area contributed by atoms with Crippen LogP contribution < -0.4 is 16.8 Å². The van der Waals surface area contributed by atoms with Crippen molar-refractivity contribution in [2.75, 3.05) is 16.8 Å². The number of hydrogen-bond donors (Lipinski definition) is 3. The number of benzene rings is 1. The van der Waals surface area contributed by atoms with Gasteiger partial charge in [-0.15, -0.1) is 0 Å². The lowest BCUT2D eigenvalue weighted by Crippen LogP contribution is -2.05. The monoisotopic (exact) mass is 266 g/mol. The summed E-state index contributed by atoms with van der Waals surface area (Å²) in [7, 11) is 0. The summed E-state index contributed by atoms with van der Waals surface area (Å²) in [4.78, 5) is 12.5. The van der Waals surface area contributed by atoms with E-state index >= 15 is 0 Å². The van der Waals surface area contributed by atoms with Crippen LogP contribution in [0, 0.1) is 6.92 Å². The molecule has 100 valence electrons. The minimum atomic E-state index is 0.256. The Morgan fingerprint density at radius 2 is 1.90 bits per heavy atom. The van der Waals surface area contributed by atoms with Crippen molar-refractivity contribution in [3.63, 3.8) is 0 Å². The van der Waals surface area contributed by atoms with Crippen molar-refractivity contribution in [2.24, 2.45) is 0 Å². The van der Waals surface area contributed by atoms with E-state index in [2.05, 4.69) is 20.3 Å². The van der Waals surface area contributed by atoms with Crippen LogP contribution in [0.4, 0.5) is 23.0 Å². The number of fused-ring (bicyclic) bond motifs is 1. The zero-order valence-electron chi connectivity index (χ0n) is 11.0. The second kappa shape index (κ2) is 4.65. The van der Waals surface area contributed by atoms with Gasteiger partial charge in [-0.3, -0.25) is 4.98 Å². The molecule has 0 aliphatic carbocycles. The molecule has 0 radical (unpaired) electrons. The van der Waals surface area contributed by atoms with E-state index in [9.17, 15) is 0 Å². The largest absolute Gasteiger partial charge is 0.393 e. The molecular weight excluding hydrogens is 252 g/mol. The molecule has 0 unspecified atom stereocenters. The highest BCUT2D eigenvalue weighted by Crippen LogP contribution is 2.28. The van der Waals surface area contributed by atoms with Crippen molar-refractivity contribution >= 4 is 33.9 Å². The molecule has 0 spiro atoms. The summed E-state index contributed by atoms with van der Waals surface area (Å²) in [6, 6.07) is 9.88. The molecule has 2 heterocycles. The minimum Gasteiger partial charge on any atom is -0.393 e. The van der Waals surface area contributed by atoms with Gasteiger partial charge in [-0.25, -0.2) is 9.97 Å². The molecule has 5 N–H and O–H groups in total. The smallest absolute Gasteiger partial charge is 0.159 e. The van der Waals surface area contributed by atoms with E-state index in [-0.39, 0.29) is 5.82 Å². The van der Waals surface area contributed by atoms with Crippen LogP contribution in [0.3, 0.4) is 0 Å². The molecule has 0 aliphatic heterocycles. The average Bonchev–Trinajstić information content (AvgIpc) is 2.44. The second-order valence-electron chi connectivity index (χ2n) is 4.48. The first-order valence-corrected chi connectivity index (χ1v) is 6.14. The van der Waals surface area contributed by atoms with Crippen molar-refractivity contribution in [2.45, 2.75) is 6.92 Å². The first kappa shape index (κ1) is 12.2. The van der Waals surface area contributed by atoms with Gasteiger partial charge in [-0.1, -0.05) is 18.2 Å². The molecule has 20 heavy (non-hydrogen) atoms. The molecule has 0 fully saturated rings. The molecule has 1 aromatic carbocycles. The normalized spacial score (nSPS) is 10.7. The molecule has 0 aliphatic rings. The zero-order valence-corrected chi connectivity index (χ0v) is 11.0. The van der Waals surface area contributed by atoms with Crippen molar-refractivity contribution in [3.8, 4) is 0 Å². The summed E-state index contributed by atoms with van der Waals surface area (Å²) < 4.78 is 0. The fourth-order valence-electron chi connectivity index (χ4n) is 1.98. The van der Waals surface area contributed by atoms with Gasteiger partial charge in [0.25, 0.3) is 0 Å². The number of nitrogens with two attached hydrogens (primary N) is 2. The van der Waals surface area contributed by atoms with E-state index in [1.807, 2.05) is 37.3 Å². The van der Waals surface area contributed by atoms with E-state index in [0.29, 0.717) is 11.5 Å². The Hall–Kier alpha value is -2.89. The Morgan fingerprint density at radius 1 is 1.05 bits per heavy atom. The number of hydrogen-bond acceptors (Lipinski definition) is 6. The Morgan fingerprint density at radius 3 is 2.75 bits per heavy atom. The maximum atomic E-state index is 5.87. The van der Waals surface area contributed by atoms with Crippen LogP contribution in [0.2, 0.25) is 0 Å². The third kappa shape index (κ3) is 2.07. The number of nitrogens with zero attached hydrogens (tertiary/aromatic N) is 3. The van der Waals surface area contributed by atoms with Crippen LogP contribution in [0.5, 0.6) is 0 Å². The summed E-state index contributed by atoms with van der Waals surface area (Å²) in [5.74, 6) is 0.736. The van der Waals surface area contributed by atoms with E-state index in [1.54, 1.807) is 0 Å². The van der Waals surface area contributed by atoms with E-state index in [4.69, 9.17) is 11.5 Å². The molecule has 0 atom stereocenters. The van der Waals surface area contributed by atoms with Gasteiger partial charge in [0.2, 0.25) is 0 Å². The van der Waals surface area contributed by atoms with E-state index in [1.165, 1.54) is 6.33 Å². The predicted octanol–water partition coefficient (Wildman–Crippen LogP) is 2.24. The molecule has 3 aromatic rings. The second-order valence-corrected chi connectivity index (χ2v) is 4.48. The highest BCUT2D eigenvalue weighted by molar-refractivity contribution is 5.93. The molecule has 0 bridgehead atoms. The lowest BCUT2D eigenvalue weighted by Gasteiger charge is -2.11. The molecular formula is C14H14N6. The Bertz CT molecular complexity index is 784. The summed E-state index contributed by atoms with van der Waals surface area (Å²) in [6.07, 6.45) is 1.37. The molecule has 2 aromatic heterocycles. The molecule has 0 amide bonds. The maximum absolute atomic E-state index is 5.87. The number of rotatable bonds is 2. The van der Waals surface area contributed by atoms with Gasteiger partial charge in [0.1, 0.15) is 12.0 Å². The number of pyridine rings is 1. The van der Waals surface area contributed by atoms with Crippen molar-refractivity contribution < 1.29 is 0 Å². The molecule has 6 nitrogen and oxygen atoms in total. The summed E-state index contributed by atoms with van der Waals surface area (Å²) in [5.41, 5.74) is 14.5. The predicted molar refractivity (Wildman–Crippen MR) is 80.6 cm³/mol. The van der Waals surface area contributed by atoms with Gasteiger partial charge >= 0.3 is 0 Å². The first-order valence-electron chi connectivity index (χ1n) is 6.14. The van der Waals surface area contributed by atoms with Crippen molar-refractivity contribution in [3.05, 3.63) is 42.4 Å². The highest BCUT2D eigenvalue weighted by Gasteiger charge is 2.08. The van der Waals surface area contributed by atoms with Gasteiger partial charge in [0.05, 0.1) is 11.2 Å². The van der Waals surface area contributed by atoms with Crippen LogP contribution in [-0.4, -0.2) is 15.0 Å². The average molecular weight is 266 g/mol. The Kier molecular flexibility index (Phi) is 2.83. The van der Waals surface area contributed by atoms with Crippen LogP contribution in [-0.2, 0) is 0 Å². The Balaban J connectivity index is 2.11. The quantitative estimate of drug-likeness (QED) is 0.657. The van der Waals surface area contributed by atoms with Crippen LogP contribution in [0.15, 0.2) is 36.7 Å². The lowest BCUT2D eigenvalue weighted by molar-refractivity contribution is 1.18. The van der Waals surface area contributed by atoms with E-state index < -0.39 is 0 Å². The third-order valence-corrected chi connectivity index (χ3v) is 3.03. The van der Waals surface area contributed by atoms with Gasteiger partial charge in [0.15, 0.2) is 11.6 Å². The topological polar surface area (TPSA) is 103 Å². The number of aromatic nitrogens is 3. The SMILES string of the molecule is Cc1ccc2cccc(Nc3ncnc(N)c3N)c2n1. The van der Waals surface area contributed by atoms with Crippen LogP contribution >= 0.6 is 0 Å². The van der Waals surface area contributed by atoms with Gasteiger partial charge in [0, 0.05) is 11.1 Å². The molecule has 3 rings (SSSR count). The lowest BCUT2D eigenvalue weighted by atomic mass is 10.1. The third-order valence-electron chi connectivity index (χ3n) is 3.03. The number of aryl methyl sites for hydroxylation is 1. The van der Waals surface area contributed by atoms with Crippen LogP contribution in [0.1, 0.15) is 5.69 Å². The fraction of sp³-hybridized carbons (Fsp3) is 0.0714. The number of anilines is 4. The summed E-state index contributed by atoms with van der Waals surface area (Å²) >= 11 is 0. The van der Waals surface area contributed by atoms with Gasteiger partial charge in [-0.2, -0.15) is 0 Å². The minimum absolute atomic E-state index is 0.256. The first-order chi connectivity index (χ1) is 9.65. The van der Waals surface area contributed by atoms with Crippen molar-refractivity contribution in [1.29, 1.82) is 0 Å². The van der Waals surface area contributed by atoms with Crippen LogP contribution in [0.25, 0.3) is 10.9 Å². The standard InChI is InChI=1S/C14H14N6/c1-8-5-6-9-3-2-4-10(12(9)19-8)20-14-11(15)13(16)17-7-18-14/h2-7H,15H2,1H3,(H3,16,17,18,20). The summed E-state index contributed by atoms with van der Waals surface area (Å²) in [5, 5.41) is 4.21. The molecule has 0 saturated heterocycles. The number of nitrogen functional groups attached to an aromatic ring is 2. The number of para-hydroxylation sites is 1.